The Morgan fingerprint density at radius 3 is 2.33 bits per heavy atom. The first kappa shape index (κ1) is 16.5. The molecule has 1 saturated heterocycles. The minimum absolute atomic E-state index is 0.0182. The van der Waals surface area contributed by atoms with Gasteiger partial charge in [0.15, 0.2) is 0 Å². The monoisotopic (exact) mass is 372 g/mol. The molecule has 21 heavy (non-hydrogen) atoms. The van der Waals surface area contributed by atoms with E-state index in [9.17, 15) is 9.59 Å². The number of rotatable bonds is 4. The van der Waals surface area contributed by atoms with E-state index in [0.717, 1.165) is 8.66 Å². The number of hydrogen-bond donors (Lipinski definition) is 1. The van der Waals surface area contributed by atoms with Crippen LogP contribution in [0.5, 0.6) is 0 Å². The smallest absolute Gasteiger partial charge is 0.248 e. The van der Waals surface area contributed by atoms with E-state index in [1.165, 1.54) is 0 Å². The number of nitrogens with zero attached hydrogens (tertiary/aromatic N) is 1. The first-order chi connectivity index (χ1) is 9.76. The van der Waals surface area contributed by atoms with Gasteiger partial charge in [-0.15, -0.1) is 11.3 Å². The second-order valence-electron chi connectivity index (χ2n) is 5.91. The Kier molecular flexibility index (Phi) is 4.49. The fourth-order valence-electron chi connectivity index (χ4n) is 2.88. The SMILES string of the molecule is CCC1(CC)C(=O)NC(C)(C)C(=O)N1Cc1ccc(Br)s1. The van der Waals surface area contributed by atoms with Gasteiger partial charge in [0, 0.05) is 4.88 Å². The van der Waals surface area contributed by atoms with Crippen molar-refractivity contribution in [2.45, 2.75) is 58.2 Å². The van der Waals surface area contributed by atoms with E-state index < -0.39 is 11.1 Å². The van der Waals surface area contributed by atoms with E-state index in [0.29, 0.717) is 19.4 Å². The zero-order valence-electron chi connectivity index (χ0n) is 12.8. The summed E-state index contributed by atoms with van der Waals surface area (Å²) >= 11 is 5.04. The summed E-state index contributed by atoms with van der Waals surface area (Å²) < 4.78 is 1.03. The molecule has 1 aromatic rings. The largest absolute Gasteiger partial charge is 0.340 e. The van der Waals surface area contributed by atoms with Crippen LogP contribution in [0.4, 0.5) is 0 Å². The molecule has 0 bridgehead atoms. The van der Waals surface area contributed by atoms with Crippen molar-refractivity contribution in [2.75, 3.05) is 0 Å². The van der Waals surface area contributed by atoms with Gasteiger partial charge in [0.1, 0.15) is 11.1 Å². The van der Waals surface area contributed by atoms with Crippen LogP contribution < -0.4 is 5.32 Å². The number of thiophene rings is 1. The van der Waals surface area contributed by atoms with Crippen molar-refractivity contribution in [1.29, 1.82) is 0 Å². The minimum Gasteiger partial charge on any atom is -0.340 e. The van der Waals surface area contributed by atoms with Gasteiger partial charge in [-0.05, 0) is 54.8 Å². The molecule has 0 aromatic carbocycles. The highest BCUT2D eigenvalue weighted by Gasteiger charge is 2.53. The number of halogens is 1. The van der Waals surface area contributed by atoms with Crippen molar-refractivity contribution in [3.8, 4) is 0 Å². The number of piperazine rings is 1. The Bertz CT molecular complexity index is 564. The molecule has 1 fully saturated rings. The lowest BCUT2D eigenvalue weighted by molar-refractivity contribution is -0.163. The fraction of sp³-hybridized carbons (Fsp3) is 0.600. The third-order valence-corrected chi connectivity index (χ3v) is 5.87. The van der Waals surface area contributed by atoms with Crippen LogP contribution in [-0.2, 0) is 16.1 Å². The summed E-state index contributed by atoms with van der Waals surface area (Å²) in [5.74, 6) is -0.0666. The summed E-state index contributed by atoms with van der Waals surface area (Å²) in [7, 11) is 0. The fourth-order valence-corrected chi connectivity index (χ4v) is 4.35. The maximum absolute atomic E-state index is 12.8. The summed E-state index contributed by atoms with van der Waals surface area (Å²) in [5, 5.41) is 2.88. The lowest BCUT2D eigenvalue weighted by Crippen LogP contribution is -2.73. The first-order valence-electron chi connectivity index (χ1n) is 7.15. The van der Waals surface area contributed by atoms with Gasteiger partial charge < -0.3 is 10.2 Å². The van der Waals surface area contributed by atoms with Crippen LogP contribution in [0.25, 0.3) is 0 Å². The molecule has 1 aliphatic rings. The van der Waals surface area contributed by atoms with Crippen LogP contribution in [0.3, 0.4) is 0 Å². The van der Waals surface area contributed by atoms with Crippen LogP contribution in [0.2, 0.25) is 0 Å². The Morgan fingerprint density at radius 1 is 1.24 bits per heavy atom. The summed E-state index contributed by atoms with van der Waals surface area (Å²) in [5.41, 5.74) is -1.59. The topological polar surface area (TPSA) is 49.4 Å². The van der Waals surface area contributed by atoms with Gasteiger partial charge in [0.25, 0.3) is 0 Å². The van der Waals surface area contributed by atoms with Crippen LogP contribution in [0, 0.1) is 0 Å². The van der Waals surface area contributed by atoms with Crippen LogP contribution in [-0.4, -0.2) is 27.8 Å². The second kappa shape index (κ2) is 5.72. The predicted molar refractivity (Wildman–Crippen MR) is 88.1 cm³/mol. The van der Waals surface area contributed by atoms with Crippen LogP contribution in [0.1, 0.15) is 45.4 Å². The van der Waals surface area contributed by atoms with Gasteiger partial charge in [-0.3, -0.25) is 9.59 Å². The number of nitrogens with one attached hydrogen (secondary N) is 1. The number of amides is 2. The lowest BCUT2D eigenvalue weighted by atomic mass is 9.82. The highest BCUT2D eigenvalue weighted by molar-refractivity contribution is 9.11. The standard InChI is InChI=1S/C15H21BrN2O2S/c1-5-15(6-2)12(19)17-14(3,4)13(20)18(15)9-10-7-8-11(16)21-10/h7-8H,5-6,9H2,1-4H3,(H,17,19). The van der Waals surface area contributed by atoms with Gasteiger partial charge in [-0.2, -0.15) is 0 Å². The summed E-state index contributed by atoms with van der Waals surface area (Å²) in [4.78, 5) is 28.3. The predicted octanol–water partition coefficient (Wildman–Crippen LogP) is 3.31. The quantitative estimate of drug-likeness (QED) is 0.881. The van der Waals surface area contributed by atoms with Gasteiger partial charge in [0.2, 0.25) is 11.8 Å². The maximum Gasteiger partial charge on any atom is 0.248 e. The number of hydrogen-bond acceptors (Lipinski definition) is 3. The van der Waals surface area contributed by atoms with Crippen molar-refractivity contribution < 1.29 is 9.59 Å². The highest BCUT2D eigenvalue weighted by atomic mass is 79.9. The van der Waals surface area contributed by atoms with Gasteiger partial charge >= 0.3 is 0 Å². The Morgan fingerprint density at radius 2 is 1.86 bits per heavy atom. The van der Waals surface area contributed by atoms with E-state index in [2.05, 4.69) is 21.2 Å². The molecule has 1 aromatic heterocycles. The Balaban J connectivity index is 2.43. The van der Waals surface area contributed by atoms with E-state index >= 15 is 0 Å². The molecule has 2 amide bonds. The highest BCUT2D eigenvalue weighted by Crippen LogP contribution is 2.35. The molecule has 6 heteroatoms. The molecule has 1 N–H and O–H groups in total. The third-order valence-electron chi connectivity index (χ3n) is 4.26. The molecule has 0 saturated carbocycles. The molecule has 2 heterocycles. The average Bonchev–Trinajstić information content (AvgIpc) is 2.82. The van der Waals surface area contributed by atoms with Crippen molar-refractivity contribution in [3.63, 3.8) is 0 Å². The molecule has 4 nitrogen and oxygen atoms in total. The average molecular weight is 373 g/mol. The minimum atomic E-state index is -0.848. The Hall–Kier alpha value is -0.880. The van der Waals surface area contributed by atoms with Crippen molar-refractivity contribution in [3.05, 3.63) is 20.8 Å². The lowest BCUT2D eigenvalue weighted by Gasteiger charge is -2.50. The summed E-state index contributed by atoms with van der Waals surface area (Å²) in [6.07, 6.45) is 1.23. The molecule has 116 valence electrons. The van der Waals surface area contributed by atoms with E-state index in [1.807, 2.05) is 26.0 Å². The van der Waals surface area contributed by atoms with Crippen LogP contribution >= 0.6 is 27.3 Å². The number of carbonyl (C=O) groups excluding carboxylic acids is 2. The summed E-state index contributed by atoms with van der Waals surface area (Å²) in [6, 6.07) is 3.97. The third kappa shape index (κ3) is 2.75. The van der Waals surface area contributed by atoms with E-state index in [1.54, 1.807) is 30.1 Å². The van der Waals surface area contributed by atoms with E-state index in [4.69, 9.17) is 0 Å². The van der Waals surface area contributed by atoms with Gasteiger partial charge in [0.05, 0.1) is 10.3 Å². The molecule has 0 aliphatic carbocycles. The summed E-state index contributed by atoms with van der Waals surface area (Å²) in [6.45, 7) is 7.94. The van der Waals surface area contributed by atoms with Crippen LogP contribution in [0.15, 0.2) is 15.9 Å². The van der Waals surface area contributed by atoms with Gasteiger partial charge in [-0.1, -0.05) is 13.8 Å². The normalized spacial score (nSPS) is 20.5. The van der Waals surface area contributed by atoms with Gasteiger partial charge in [-0.25, -0.2) is 0 Å². The second-order valence-corrected chi connectivity index (χ2v) is 8.46. The van der Waals surface area contributed by atoms with E-state index in [-0.39, 0.29) is 11.8 Å². The Labute approximate surface area is 138 Å². The molecular weight excluding hydrogens is 352 g/mol. The molecule has 0 spiro atoms. The maximum atomic E-state index is 12.8. The zero-order chi connectivity index (χ0) is 15.8. The molecule has 0 unspecified atom stereocenters. The molecule has 2 rings (SSSR count). The molecule has 1 aliphatic heterocycles. The zero-order valence-corrected chi connectivity index (χ0v) is 15.2. The molecule has 0 radical (unpaired) electrons. The molecular formula is C15H21BrN2O2S. The van der Waals surface area contributed by atoms with Crippen molar-refractivity contribution in [1.82, 2.24) is 10.2 Å². The number of carbonyl (C=O) groups is 2. The van der Waals surface area contributed by atoms with Crippen molar-refractivity contribution in [2.24, 2.45) is 0 Å². The van der Waals surface area contributed by atoms with Crippen molar-refractivity contribution >= 4 is 39.1 Å². The first-order valence-corrected chi connectivity index (χ1v) is 8.76. The molecule has 0 atom stereocenters.